The Kier molecular flexibility index (Phi) is 6.08. The SMILES string of the molecule is N#Cc1ccc(NC(=O)C2CCN(Cc3ccc(F)c(C(F)(F)F)c3)CC2)nn1. The van der Waals surface area contributed by atoms with Gasteiger partial charge in [0.25, 0.3) is 0 Å². The lowest BCUT2D eigenvalue weighted by molar-refractivity contribution is -0.140. The van der Waals surface area contributed by atoms with Gasteiger partial charge >= 0.3 is 6.18 Å². The molecule has 2 heterocycles. The molecule has 1 aromatic heterocycles. The quantitative estimate of drug-likeness (QED) is 0.786. The van der Waals surface area contributed by atoms with Crippen LogP contribution in [0.1, 0.15) is 29.7 Å². The topological polar surface area (TPSA) is 81.9 Å². The minimum Gasteiger partial charge on any atom is -0.309 e. The van der Waals surface area contributed by atoms with Crippen molar-refractivity contribution in [1.29, 1.82) is 5.26 Å². The van der Waals surface area contributed by atoms with Gasteiger partial charge in [0.15, 0.2) is 11.5 Å². The van der Waals surface area contributed by atoms with Gasteiger partial charge < -0.3 is 5.32 Å². The first-order chi connectivity index (χ1) is 13.8. The number of rotatable bonds is 4. The zero-order valence-electron chi connectivity index (χ0n) is 15.2. The van der Waals surface area contributed by atoms with Gasteiger partial charge in [0.05, 0.1) is 5.56 Å². The van der Waals surface area contributed by atoms with Crippen molar-refractivity contribution in [3.8, 4) is 6.07 Å². The van der Waals surface area contributed by atoms with Gasteiger partial charge in [-0.3, -0.25) is 9.69 Å². The van der Waals surface area contributed by atoms with E-state index in [1.54, 1.807) is 0 Å². The lowest BCUT2D eigenvalue weighted by Crippen LogP contribution is -2.38. The van der Waals surface area contributed by atoms with Crippen LogP contribution in [0.25, 0.3) is 0 Å². The van der Waals surface area contributed by atoms with Crippen molar-refractivity contribution in [3.63, 3.8) is 0 Å². The van der Waals surface area contributed by atoms with E-state index in [-0.39, 0.29) is 29.9 Å². The van der Waals surface area contributed by atoms with E-state index in [4.69, 9.17) is 5.26 Å². The zero-order valence-corrected chi connectivity index (χ0v) is 15.2. The smallest absolute Gasteiger partial charge is 0.309 e. The molecule has 0 saturated carbocycles. The van der Waals surface area contributed by atoms with Gasteiger partial charge in [-0.2, -0.15) is 18.4 Å². The Labute approximate surface area is 164 Å². The summed E-state index contributed by atoms with van der Waals surface area (Å²) in [6.07, 6.45) is -3.68. The number of hydrogen-bond donors (Lipinski definition) is 1. The third kappa shape index (κ3) is 5.26. The average molecular weight is 407 g/mol. The summed E-state index contributed by atoms with van der Waals surface area (Å²) in [6, 6.07) is 7.78. The van der Waals surface area contributed by atoms with Crippen molar-refractivity contribution in [3.05, 3.63) is 53.0 Å². The number of anilines is 1. The molecule has 152 valence electrons. The van der Waals surface area contributed by atoms with Gasteiger partial charge in [-0.1, -0.05) is 6.07 Å². The largest absolute Gasteiger partial charge is 0.419 e. The van der Waals surface area contributed by atoms with Gasteiger partial charge in [0.2, 0.25) is 5.91 Å². The monoisotopic (exact) mass is 407 g/mol. The van der Waals surface area contributed by atoms with E-state index in [1.807, 2.05) is 11.0 Å². The van der Waals surface area contributed by atoms with E-state index in [9.17, 15) is 22.4 Å². The molecule has 0 radical (unpaired) electrons. The number of nitrogens with one attached hydrogen (secondary N) is 1. The molecule has 10 heteroatoms. The minimum absolute atomic E-state index is 0.144. The number of carbonyl (C=O) groups is 1. The summed E-state index contributed by atoms with van der Waals surface area (Å²) in [6.45, 7) is 1.30. The Morgan fingerprint density at radius 2 is 1.93 bits per heavy atom. The number of halogens is 4. The van der Waals surface area contributed by atoms with Crippen LogP contribution in [-0.4, -0.2) is 34.1 Å². The number of amides is 1. The predicted molar refractivity (Wildman–Crippen MR) is 94.8 cm³/mol. The summed E-state index contributed by atoms with van der Waals surface area (Å²) in [5.74, 6) is -1.52. The number of nitrogens with zero attached hydrogens (tertiary/aromatic N) is 4. The van der Waals surface area contributed by atoms with E-state index >= 15 is 0 Å². The number of aromatic nitrogens is 2. The second kappa shape index (κ2) is 8.53. The molecule has 3 rings (SSSR count). The summed E-state index contributed by atoms with van der Waals surface area (Å²) >= 11 is 0. The van der Waals surface area contributed by atoms with Gasteiger partial charge in [-0.15, -0.1) is 10.2 Å². The lowest BCUT2D eigenvalue weighted by atomic mass is 9.95. The predicted octanol–water partition coefficient (Wildman–Crippen LogP) is 3.36. The molecule has 1 fully saturated rings. The fourth-order valence-corrected chi connectivity index (χ4v) is 3.19. The molecule has 1 aliphatic heterocycles. The normalized spacial score (nSPS) is 15.7. The van der Waals surface area contributed by atoms with Crippen LogP contribution in [0, 0.1) is 23.1 Å². The molecule has 0 unspecified atom stereocenters. The van der Waals surface area contributed by atoms with Crippen LogP contribution in [-0.2, 0) is 17.5 Å². The maximum absolute atomic E-state index is 13.4. The van der Waals surface area contributed by atoms with Crippen LogP contribution in [0.15, 0.2) is 30.3 Å². The maximum Gasteiger partial charge on any atom is 0.419 e. The summed E-state index contributed by atoms with van der Waals surface area (Å²) < 4.78 is 51.9. The fraction of sp³-hybridized carbons (Fsp3) is 0.368. The number of hydrogen-bond acceptors (Lipinski definition) is 5. The molecule has 1 N–H and O–H groups in total. The van der Waals surface area contributed by atoms with Gasteiger partial charge in [-0.05, 0) is 55.8 Å². The second-order valence-corrected chi connectivity index (χ2v) is 6.77. The van der Waals surface area contributed by atoms with Crippen LogP contribution in [0.3, 0.4) is 0 Å². The summed E-state index contributed by atoms with van der Waals surface area (Å²) in [5.41, 5.74) is -0.756. The molecule has 29 heavy (non-hydrogen) atoms. The Hall–Kier alpha value is -3.06. The molecule has 0 spiro atoms. The standard InChI is InChI=1S/C19H17F4N5O/c20-16-3-1-12(9-15(16)19(21,22)23)11-28-7-5-13(6-8-28)18(29)25-17-4-2-14(10-24)26-27-17/h1-4,9,13H,5-8,11H2,(H,25,27,29). The minimum atomic E-state index is -4.74. The van der Waals surface area contributed by atoms with Crippen molar-refractivity contribution in [2.75, 3.05) is 18.4 Å². The van der Waals surface area contributed by atoms with Crippen LogP contribution in [0.4, 0.5) is 23.4 Å². The van der Waals surface area contributed by atoms with E-state index in [1.165, 1.54) is 18.2 Å². The fourth-order valence-electron chi connectivity index (χ4n) is 3.19. The van der Waals surface area contributed by atoms with Crippen molar-refractivity contribution in [2.24, 2.45) is 5.92 Å². The van der Waals surface area contributed by atoms with Gasteiger partial charge in [0, 0.05) is 12.5 Å². The van der Waals surface area contributed by atoms with E-state index in [2.05, 4.69) is 15.5 Å². The third-order valence-electron chi connectivity index (χ3n) is 4.73. The molecule has 1 saturated heterocycles. The molecule has 1 aliphatic rings. The number of alkyl halides is 3. The number of piperidine rings is 1. The number of likely N-dealkylation sites (tertiary alicyclic amines) is 1. The number of carbonyl (C=O) groups excluding carboxylic acids is 1. The van der Waals surface area contributed by atoms with Crippen molar-refractivity contribution >= 4 is 11.7 Å². The first-order valence-corrected chi connectivity index (χ1v) is 8.89. The Bertz CT molecular complexity index is 916. The molecule has 1 aromatic carbocycles. The summed E-state index contributed by atoms with van der Waals surface area (Å²) in [5, 5.41) is 18.7. The first-order valence-electron chi connectivity index (χ1n) is 8.89. The molecule has 2 aromatic rings. The van der Waals surface area contributed by atoms with E-state index < -0.39 is 17.6 Å². The molecule has 0 atom stereocenters. The van der Waals surface area contributed by atoms with Gasteiger partial charge in [0.1, 0.15) is 11.9 Å². The van der Waals surface area contributed by atoms with Crippen LogP contribution in [0.5, 0.6) is 0 Å². The molecular formula is C19H17F4N5O. The lowest BCUT2D eigenvalue weighted by Gasteiger charge is -2.31. The Morgan fingerprint density at radius 1 is 1.21 bits per heavy atom. The van der Waals surface area contributed by atoms with Crippen molar-refractivity contribution in [1.82, 2.24) is 15.1 Å². The maximum atomic E-state index is 13.4. The average Bonchev–Trinajstić information content (AvgIpc) is 2.69. The number of benzene rings is 1. The molecule has 1 amide bonds. The highest BCUT2D eigenvalue weighted by Crippen LogP contribution is 2.32. The highest BCUT2D eigenvalue weighted by atomic mass is 19.4. The Morgan fingerprint density at radius 3 is 2.52 bits per heavy atom. The van der Waals surface area contributed by atoms with Crippen LogP contribution < -0.4 is 5.32 Å². The van der Waals surface area contributed by atoms with Crippen LogP contribution in [0.2, 0.25) is 0 Å². The van der Waals surface area contributed by atoms with E-state index in [0.29, 0.717) is 31.5 Å². The van der Waals surface area contributed by atoms with Crippen molar-refractivity contribution < 1.29 is 22.4 Å². The third-order valence-corrected chi connectivity index (χ3v) is 4.73. The molecule has 0 bridgehead atoms. The highest BCUT2D eigenvalue weighted by molar-refractivity contribution is 5.91. The summed E-state index contributed by atoms with van der Waals surface area (Å²) in [4.78, 5) is 14.3. The Balaban J connectivity index is 1.54. The van der Waals surface area contributed by atoms with E-state index in [0.717, 1.165) is 12.1 Å². The van der Waals surface area contributed by atoms with Gasteiger partial charge in [-0.25, -0.2) is 4.39 Å². The molecule has 0 aliphatic carbocycles. The zero-order chi connectivity index (χ0) is 21.0. The molecular weight excluding hydrogens is 390 g/mol. The second-order valence-electron chi connectivity index (χ2n) is 6.77. The highest BCUT2D eigenvalue weighted by Gasteiger charge is 2.34. The van der Waals surface area contributed by atoms with Crippen molar-refractivity contribution in [2.45, 2.75) is 25.6 Å². The van der Waals surface area contributed by atoms with Crippen LogP contribution >= 0.6 is 0 Å². The summed E-state index contributed by atoms with van der Waals surface area (Å²) in [7, 11) is 0. The number of nitriles is 1. The molecule has 6 nitrogen and oxygen atoms in total. The first kappa shape index (κ1) is 20.7.